The van der Waals surface area contributed by atoms with E-state index in [0.29, 0.717) is 5.70 Å². The van der Waals surface area contributed by atoms with E-state index in [-0.39, 0.29) is 5.91 Å². The van der Waals surface area contributed by atoms with Gasteiger partial charge in [-0.2, -0.15) is 0 Å². The van der Waals surface area contributed by atoms with Crippen LogP contribution in [0.4, 0.5) is 0 Å². The van der Waals surface area contributed by atoms with Gasteiger partial charge in [0.05, 0.1) is 0 Å². The molecule has 3 rings (SSSR count). The Morgan fingerprint density at radius 3 is 2.86 bits per heavy atom. The van der Waals surface area contributed by atoms with E-state index in [2.05, 4.69) is 40.4 Å². The molecule has 2 heterocycles. The summed E-state index contributed by atoms with van der Waals surface area (Å²) in [7, 11) is 0. The number of carbonyl (C=O) groups is 1. The maximum atomic E-state index is 11.9. The van der Waals surface area contributed by atoms with Crippen LogP contribution in [0.5, 0.6) is 0 Å². The van der Waals surface area contributed by atoms with Gasteiger partial charge in [0.2, 0.25) is 0 Å². The summed E-state index contributed by atoms with van der Waals surface area (Å²) in [6, 6.07) is 12.1. The van der Waals surface area contributed by atoms with E-state index in [1.165, 1.54) is 11.1 Å². The predicted molar refractivity (Wildman–Crippen MR) is 87.3 cm³/mol. The lowest BCUT2D eigenvalue weighted by atomic mass is 10.1. The first-order valence-corrected chi connectivity index (χ1v) is 7.27. The summed E-state index contributed by atoms with van der Waals surface area (Å²) < 4.78 is 0. The molecular formula is C18H17N3O. The number of pyridine rings is 1. The minimum Gasteiger partial charge on any atom is -0.309 e. The summed E-state index contributed by atoms with van der Waals surface area (Å²) >= 11 is 0. The molecule has 4 nitrogen and oxygen atoms in total. The molecule has 1 aliphatic heterocycles. The zero-order chi connectivity index (χ0) is 15.4. The number of amides is 1. The number of aryl methyl sites for hydroxylation is 2. The summed E-state index contributed by atoms with van der Waals surface area (Å²) in [5.41, 5.74) is 3.80. The lowest BCUT2D eigenvalue weighted by molar-refractivity contribution is -0.115. The van der Waals surface area contributed by atoms with Crippen molar-refractivity contribution >= 4 is 17.8 Å². The third-order valence-corrected chi connectivity index (χ3v) is 3.47. The van der Waals surface area contributed by atoms with Crippen molar-refractivity contribution in [3.63, 3.8) is 0 Å². The number of nitrogens with zero attached hydrogens (tertiary/aromatic N) is 2. The molecule has 0 saturated heterocycles. The second kappa shape index (κ2) is 6.35. The van der Waals surface area contributed by atoms with Crippen LogP contribution in [-0.2, 0) is 11.2 Å². The fraction of sp³-hybridized carbons (Fsp3) is 0.167. The summed E-state index contributed by atoms with van der Waals surface area (Å²) in [5.74, 6) is 0.574. The van der Waals surface area contributed by atoms with E-state index in [4.69, 9.17) is 0 Å². The van der Waals surface area contributed by atoms with E-state index >= 15 is 0 Å². The largest absolute Gasteiger partial charge is 0.309 e. The van der Waals surface area contributed by atoms with Crippen LogP contribution >= 0.6 is 0 Å². The van der Waals surface area contributed by atoms with Gasteiger partial charge in [-0.05, 0) is 36.6 Å². The SMILES string of the molecule is Cc1cccc(CCC2=N/C(=C/c3cccnc3)C(=O)N2)c1. The highest BCUT2D eigenvalue weighted by Gasteiger charge is 2.19. The molecule has 0 saturated carbocycles. The normalized spacial score (nSPS) is 15.8. The topological polar surface area (TPSA) is 54.4 Å². The third-order valence-electron chi connectivity index (χ3n) is 3.47. The van der Waals surface area contributed by atoms with E-state index < -0.39 is 0 Å². The average Bonchev–Trinajstić information content (AvgIpc) is 2.87. The van der Waals surface area contributed by atoms with Gasteiger partial charge in [-0.15, -0.1) is 0 Å². The van der Waals surface area contributed by atoms with Crippen molar-refractivity contribution < 1.29 is 4.79 Å². The molecule has 1 aromatic carbocycles. The molecule has 1 amide bonds. The van der Waals surface area contributed by atoms with Crippen molar-refractivity contribution in [2.45, 2.75) is 19.8 Å². The van der Waals surface area contributed by atoms with Gasteiger partial charge in [0.25, 0.3) is 5.91 Å². The quantitative estimate of drug-likeness (QED) is 0.881. The van der Waals surface area contributed by atoms with Crippen LogP contribution < -0.4 is 5.32 Å². The number of hydrogen-bond acceptors (Lipinski definition) is 3. The van der Waals surface area contributed by atoms with Gasteiger partial charge in [0.1, 0.15) is 11.5 Å². The Hall–Kier alpha value is -2.75. The smallest absolute Gasteiger partial charge is 0.275 e. The van der Waals surface area contributed by atoms with E-state index in [9.17, 15) is 4.79 Å². The second-order valence-corrected chi connectivity index (χ2v) is 5.32. The molecule has 1 aliphatic rings. The third kappa shape index (κ3) is 3.47. The van der Waals surface area contributed by atoms with Gasteiger partial charge in [0.15, 0.2) is 0 Å². The summed E-state index contributed by atoms with van der Waals surface area (Å²) in [5, 5.41) is 2.83. The van der Waals surface area contributed by atoms with E-state index in [0.717, 1.165) is 24.2 Å². The number of nitrogens with one attached hydrogen (secondary N) is 1. The molecular weight excluding hydrogens is 274 g/mol. The standard InChI is InChI=1S/C18H17N3O/c1-13-4-2-5-14(10-13)7-8-17-20-16(18(22)21-17)11-15-6-3-9-19-12-15/h2-6,9-12H,7-8H2,1H3,(H,20,21,22)/b16-11+. The van der Waals surface area contributed by atoms with Crippen molar-refractivity contribution in [2.75, 3.05) is 0 Å². The monoisotopic (exact) mass is 291 g/mol. The fourth-order valence-electron chi connectivity index (χ4n) is 2.39. The molecule has 0 spiro atoms. The Kier molecular flexibility index (Phi) is 4.10. The van der Waals surface area contributed by atoms with Crippen molar-refractivity contribution in [3.8, 4) is 0 Å². The first kappa shape index (κ1) is 14.2. The first-order valence-electron chi connectivity index (χ1n) is 7.27. The zero-order valence-corrected chi connectivity index (χ0v) is 12.4. The fourth-order valence-corrected chi connectivity index (χ4v) is 2.39. The maximum absolute atomic E-state index is 11.9. The summed E-state index contributed by atoms with van der Waals surface area (Å²) in [4.78, 5) is 20.4. The van der Waals surface area contributed by atoms with Gasteiger partial charge < -0.3 is 5.32 Å². The molecule has 0 unspecified atom stereocenters. The number of aromatic nitrogens is 1. The molecule has 0 radical (unpaired) electrons. The van der Waals surface area contributed by atoms with Crippen molar-refractivity contribution in [3.05, 3.63) is 71.2 Å². The number of hydrogen-bond donors (Lipinski definition) is 1. The number of amidine groups is 1. The molecule has 0 bridgehead atoms. The maximum Gasteiger partial charge on any atom is 0.275 e. The van der Waals surface area contributed by atoms with Gasteiger partial charge in [-0.25, -0.2) is 4.99 Å². The Morgan fingerprint density at radius 2 is 2.09 bits per heavy atom. The van der Waals surface area contributed by atoms with Crippen molar-refractivity contribution in [1.29, 1.82) is 0 Å². The van der Waals surface area contributed by atoms with Crippen molar-refractivity contribution in [2.24, 2.45) is 4.99 Å². The van der Waals surface area contributed by atoms with Crippen LogP contribution in [0.3, 0.4) is 0 Å². The van der Waals surface area contributed by atoms with Gasteiger partial charge in [0, 0.05) is 18.8 Å². The predicted octanol–water partition coefficient (Wildman–Crippen LogP) is 2.89. The van der Waals surface area contributed by atoms with Crippen LogP contribution in [0.1, 0.15) is 23.1 Å². The average molecular weight is 291 g/mol. The van der Waals surface area contributed by atoms with Gasteiger partial charge >= 0.3 is 0 Å². The summed E-state index contributed by atoms with van der Waals surface area (Å²) in [6.45, 7) is 2.08. The molecule has 2 aromatic rings. The molecule has 1 aromatic heterocycles. The minimum absolute atomic E-state index is 0.150. The molecule has 4 heteroatoms. The molecule has 0 atom stereocenters. The summed E-state index contributed by atoms with van der Waals surface area (Å²) in [6.07, 6.45) is 6.75. The highest BCUT2D eigenvalue weighted by Crippen LogP contribution is 2.14. The lowest BCUT2D eigenvalue weighted by Crippen LogP contribution is -2.24. The van der Waals surface area contributed by atoms with E-state index in [1.54, 1.807) is 18.5 Å². The van der Waals surface area contributed by atoms with Crippen LogP contribution in [-0.4, -0.2) is 16.7 Å². The van der Waals surface area contributed by atoms with Gasteiger partial charge in [-0.3, -0.25) is 9.78 Å². The van der Waals surface area contributed by atoms with E-state index in [1.807, 2.05) is 18.2 Å². The highest BCUT2D eigenvalue weighted by molar-refractivity contribution is 6.14. The second-order valence-electron chi connectivity index (χ2n) is 5.32. The van der Waals surface area contributed by atoms with Crippen LogP contribution in [0.15, 0.2) is 59.5 Å². The Bertz CT molecular complexity index is 748. The molecule has 1 N–H and O–H groups in total. The molecule has 0 fully saturated rings. The molecule has 110 valence electrons. The number of benzene rings is 1. The van der Waals surface area contributed by atoms with Crippen LogP contribution in [0.25, 0.3) is 6.08 Å². The number of rotatable bonds is 4. The number of carbonyl (C=O) groups excluding carboxylic acids is 1. The molecule has 22 heavy (non-hydrogen) atoms. The van der Waals surface area contributed by atoms with Crippen LogP contribution in [0.2, 0.25) is 0 Å². The minimum atomic E-state index is -0.150. The lowest BCUT2D eigenvalue weighted by Gasteiger charge is -2.02. The zero-order valence-electron chi connectivity index (χ0n) is 12.4. The number of aliphatic imine (C=N–C) groups is 1. The molecule has 0 aliphatic carbocycles. The highest BCUT2D eigenvalue weighted by atomic mass is 16.2. The Labute approximate surface area is 129 Å². The Balaban J connectivity index is 1.69. The van der Waals surface area contributed by atoms with Crippen LogP contribution in [0, 0.1) is 6.92 Å². The van der Waals surface area contributed by atoms with Crippen molar-refractivity contribution in [1.82, 2.24) is 10.3 Å². The van der Waals surface area contributed by atoms with Gasteiger partial charge in [-0.1, -0.05) is 35.9 Å². The Morgan fingerprint density at radius 1 is 1.18 bits per heavy atom. The first-order chi connectivity index (χ1) is 10.7.